The number of hydrogen-bond acceptors (Lipinski definition) is 6. The number of nitrogens with one attached hydrogen (secondary N) is 1. The molecule has 3 aromatic rings. The average Bonchev–Trinajstić information content (AvgIpc) is 2.87. The van der Waals surface area contributed by atoms with Gasteiger partial charge in [0, 0.05) is 20.5 Å². The van der Waals surface area contributed by atoms with Crippen LogP contribution in [0.5, 0.6) is 5.75 Å². The topological polar surface area (TPSA) is 103 Å². The number of amides is 2. The highest BCUT2D eigenvalue weighted by Gasteiger charge is 2.35. The molecule has 0 unspecified atom stereocenters. The number of ether oxygens (including phenoxy) is 2. The first-order valence-electron chi connectivity index (χ1n) is 11.9. The minimum absolute atomic E-state index is 0.0375. The van der Waals surface area contributed by atoms with E-state index in [-0.39, 0.29) is 37.0 Å². The van der Waals surface area contributed by atoms with E-state index in [1.54, 1.807) is 13.8 Å². The van der Waals surface area contributed by atoms with Crippen LogP contribution in [-0.2, 0) is 34.8 Å². The van der Waals surface area contributed by atoms with E-state index in [1.165, 1.54) is 41.6 Å². The van der Waals surface area contributed by atoms with Crippen molar-refractivity contribution in [3.8, 4) is 5.75 Å². The van der Waals surface area contributed by atoms with Crippen LogP contribution in [0, 0.1) is 5.82 Å². The van der Waals surface area contributed by atoms with Gasteiger partial charge in [0.25, 0.3) is 11.5 Å². The fourth-order valence-corrected chi connectivity index (χ4v) is 4.10. The number of rotatable bonds is 7. The molecule has 0 bridgehead atoms. The maximum atomic E-state index is 13.9. The molecule has 1 N–H and O–H groups in total. The lowest BCUT2D eigenvalue weighted by atomic mass is 10.1. The number of hydrogen-bond donors (Lipinski definition) is 1. The van der Waals surface area contributed by atoms with E-state index in [1.807, 2.05) is 30.3 Å². The molecule has 194 valence electrons. The molecule has 0 fully saturated rings. The highest BCUT2D eigenvalue weighted by atomic mass is 19.1. The maximum absolute atomic E-state index is 13.9. The smallest absolute Gasteiger partial charge is 0.296 e. The van der Waals surface area contributed by atoms with Crippen molar-refractivity contribution in [3.63, 3.8) is 0 Å². The lowest BCUT2D eigenvalue weighted by Crippen LogP contribution is -2.43. The van der Waals surface area contributed by atoms with Crippen molar-refractivity contribution in [2.24, 2.45) is 0 Å². The van der Waals surface area contributed by atoms with E-state index in [0.717, 1.165) is 5.56 Å². The van der Waals surface area contributed by atoms with Gasteiger partial charge in [0.15, 0.2) is 5.69 Å². The highest BCUT2D eigenvalue weighted by molar-refractivity contribution is 5.95. The van der Waals surface area contributed by atoms with Crippen molar-refractivity contribution in [3.05, 3.63) is 87.3 Å². The Morgan fingerprint density at radius 1 is 1.22 bits per heavy atom. The predicted octanol–water partition coefficient (Wildman–Crippen LogP) is 3.14. The molecule has 2 heterocycles. The largest absolute Gasteiger partial charge is 0.481 e. The Labute approximate surface area is 213 Å². The van der Waals surface area contributed by atoms with E-state index in [9.17, 15) is 18.8 Å². The maximum Gasteiger partial charge on any atom is 0.296 e. The summed E-state index contributed by atoms with van der Waals surface area (Å²) < 4.78 is 27.0. The molecular formula is C27H29FN4O5. The van der Waals surface area contributed by atoms with E-state index in [2.05, 4.69) is 10.3 Å². The fraction of sp³-hybridized carbons (Fsp3) is 0.333. The molecule has 0 aliphatic carbocycles. The normalized spacial score (nSPS) is 14.0. The molecule has 2 aromatic carbocycles. The van der Waals surface area contributed by atoms with Gasteiger partial charge in [-0.05, 0) is 37.1 Å². The predicted molar refractivity (Wildman–Crippen MR) is 135 cm³/mol. The highest BCUT2D eigenvalue weighted by Crippen LogP contribution is 2.28. The van der Waals surface area contributed by atoms with Gasteiger partial charge in [-0.3, -0.25) is 19.0 Å². The van der Waals surface area contributed by atoms with E-state index in [4.69, 9.17) is 9.47 Å². The van der Waals surface area contributed by atoms with Crippen LogP contribution in [0.15, 0.2) is 53.3 Å². The van der Waals surface area contributed by atoms with Gasteiger partial charge in [-0.15, -0.1) is 0 Å². The van der Waals surface area contributed by atoms with Crippen molar-refractivity contribution in [2.75, 3.05) is 18.6 Å². The Morgan fingerprint density at radius 3 is 2.65 bits per heavy atom. The summed E-state index contributed by atoms with van der Waals surface area (Å²) in [5.74, 6) is -1.30. The molecule has 0 saturated carbocycles. The van der Waals surface area contributed by atoms with Gasteiger partial charge in [-0.1, -0.05) is 36.4 Å². The van der Waals surface area contributed by atoms with Crippen LogP contribution in [0.1, 0.15) is 48.2 Å². The standard InChI is InChI=1S/C27H29FN4O5/c1-17(33)31(4)21-14-20(28)11-10-19(21)15-29-24(34)22-23(36-16-18-8-6-5-7-9-18)25(35)32-12-13-37-27(2,3)26(32)30-22/h5-11,14H,12-13,15-16H2,1-4H3,(H,29,34). The average molecular weight is 509 g/mol. The van der Waals surface area contributed by atoms with Gasteiger partial charge >= 0.3 is 0 Å². The first-order valence-corrected chi connectivity index (χ1v) is 11.9. The number of carbonyl (C=O) groups excluding carboxylic acids is 2. The number of halogens is 1. The summed E-state index contributed by atoms with van der Waals surface area (Å²) in [6, 6.07) is 13.2. The first kappa shape index (κ1) is 26.0. The molecule has 10 heteroatoms. The van der Waals surface area contributed by atoms with Crippen LogP contribution in [0.4, 0.5) is 10.1 Å². The molecule has 9 nitrogen and oxygen atoms in total. The molecule has 1 aromatic heterocycles. The second kappa shape index (κ2) is 10.5. The minimum Gasteiger partial charge on any atom is -0.481 e. The molecule has 1 aliphatic heterocycles. The number of fused-ring (bicyclic) bond motifs is 1. The third kappa shape index (κ3) is 5.54. The van der Waals surface area contributed by atoms with Gasteiger partial charge in [-0.2, -0.15) is 0 Å². The van der Waals surface area contributed by atoms with Crippen LogP contribution in [-0.4, -0.2) is 35.0 Å². The Hall–Kier alpha value is -4.05. The van der Waals surface area contributed by atoms with Crippen molar-refractivity contribution >= 4 is 17.5 Å². The number of nitrogens with zero attached hydrogens (tertiary/aromatic N) is 3. The zero-order chi connectivity index (χ0) is 26.7. The lowest BCUT2D eigenvalue weighted by molar-refractivity contribution is -0.116. The van der Waals surface area contributed by atoms with Crippen molar-refractivity contribution in [2.45, 2.75) is 46.1 Å². The third-order valence-corrected chi connectivity index (χ3v) is 6.21. The van der Waals surface area contributed by atoms with Crippen LogP contribution in [0.25, 0.3) is 0 Å². The Kier molecular flexibility index (Phi) is 7.40. The lowest BCUT2D eigenvalue weighted by Gasteiger charge is -2.33. The van der Waals surface area contributed by atoms with Gasteiger partial charge in [0.1, 0.15) is 23.8 Å². The molecule has 1 aliphatic rings. The molecule has 37 heavy (non-hydrogen) atoms. The molecular weight excluding hydrogens is 479 g/mol. The number of aromatic nitrogens is 2. The summed E-state index contributed by atoms with van der Waals surface area (Å²) in [4.78, 5) is 44.5. The summed E-state index contributed by atoms with van der Waals surface area (Å²) >= 11 is 0. The monoisotopic (exact) mass is 508 g/mol. The van der Waals surface area contributed by atoms with Gasteiger partial charge < -0.3 is 19.7 Å². The zero-order valence-electron chi connectivity index (χ0n) is 21.2. The van der Waals surface area contributed by atoms with Crippen molar-refractivity contribution < 1.29 is 23.5 Å². The first-order chi connectivity index (χ1) is 17.6. The van der Waals surface area contributed by atoms with Crippen LogP contribution >= 0.6 is 0 Å². The quantitative estimate of drug-likeness (QED) is 0.526. The molecule has 4 rings (SSSR count). The molecule has 0 saturated heterocycles. The van der Waals surface area contributed by atoms with Gasteiger partial charge in [0.05, 0.1) is 18.8 Å². The van der Waals surface area contributed by atoms with E-state index >= 15 is 0 Å². The summed E-state index contributed by atoms with van der Waals surface area (Å²) in [7, 11) is 1.52. The SMILES string of the molecule is CC(=O)N(C)c1cc(F)ccc1CNC(=O)c1nc2n(c(=O)c1OCc1ccccc1)CCOC2(C)C. The third-order valence-electron chi connectivity index (χ3n) is 6.21. The Balaban J connectivity index is 1.68. The zero-order valence-corrected chi connectivity index (χ0v) is 21.2. The van der Waals surface area contributed by atoms with Crippen LogP contribution in [0.3, 0.4) is 0 Å². The molecule has 0 spiro atoms. The van der Waals surface area contributed by atoms with Gasteiger partial charge in [0.2, 0.25) is 11.7 Å². The summed E-state index contributed by atoms with van der Waals surface area (Å²) in [5.41, 5.74) is 0.121. The van der Waals surface area contributed by atoms with Crippen molar-refractivity contribution in [1.29, 1.82) is 0 Å². The minimum atomic E-state index is -0.890. The van der Waals surface area contributed by atoms with Crippen LogP contribution < -0.4 is 20.5 Å². The van der Waals surface area contributed by atoms with Crippen molar-refractivity contribution in [1.82, 2.24) is 14.9 Å². The molecule has 0 atom stereocenters. The second-order valence-electron chi connectivity index (χ2n) is 9.24. The summed E-state index contributed by atoms with van der Waals surface area (Å²) in [6.45, 7) is 5.55. The fourth-order valence-electron chi connectivity index (χ4n) is 4.10. The number of benzene rings is 2. The van der Waals surface area contributed by atoms with E-state index < -0.39 is 22.9 Å². The molecule has 0 radical (unpaired) electrons. The van der Waals surface area contributed by atoms with Crippen LogP contribution in [0.2, 0.25) is 0 Å². The Morgan fingerprint density at radius 2 is 1.95 bits per heavy atom. The van der Waals surface area contributed by atoms with Gasteiger partial charge in [-0.25, -0.2) is 9.37 Å². The summed E-state index contributed by atoms with van der Waals surface area (Å²) in [6.07, 6.45) is 0. The summed E-state index contributed by atoms with van der Waals surface area (Å²) in [5, 5.41) is 2.74. The number of carbonyl (C=O) groups is 2. The second-order valence-corrected chi connectivity index (χ2v) is 9.24. The Bertz CT molecular complexity index is 1390. The van der Waals surface area contributed by atoms with E-state index in [0.29, 0.717) is 23.7 Å². The number of anilines is 1. The molecule has 2 amide bonds.